The molecule has 0 bridgehead atoms. The molecule has 2 heterocycles. The number of aromatic carboxylic acids is 1. The van der Waals surface area contributed by atoms with Gasteiger partial charge in [-0.2, -0.15) is 0 Å². The second kappa shape index (κ2) is 5.12. The lowest BCUT2D eigenvalue weighted by molar-refractivity contribution is 0.0660. The molecule has 0 spiro atoms. The first-order chi connectivity index (χ1) is 8.61. The Kier molecular flexibility index (Phi) is 3.55. The second-order valence-electron chi connectivity index (χ2n) is 4.37. The third-order valence-electron chi connectivity index (χ3n) is 2.98. The van der Waals surface area contributed by atoms with Crippen molar-refractivity contribution in [3.63, 3.8) is 0 Å². The van der Waals surface area contributed by atoms with Crippen molar-refractivity contribution >= 4 is 5.97 Å². The zero-order chi connectivity index (χ0) is 13.1. The predicted molar refractivity (Wildman–Crippen MR) is 67.9 cm³/mol. The Morgan fingerprint density at radius 3 is 2.72 bits per heavy atom. The first kappa shape index (κ1) is 12.5. The fraction of sp³-hybridized carbons (Fsp3) is 0.357. The molecular formula is C14H17NO3. The van der Waals surface area contributed by atoms with Gasteiger partial charge in [0.15, 0.2) is 0 Å². The number of nitrogens with zero attached hydrogens (tertiary/aromatic N) is 1. The number of carbonyl (C=O) groups is 1. The highest BCUT2D eigenvalue weighted by molar-refractivity contribution is 5.84. The molecule has 0 atom stereocenters. The molecule has 0 fully saturated rings. The van der Waals surface area contributed by atoms with Crippen molar-refractivity contribution < 1.29 is 14.3 Å². The van der Waals surface area contributed by atoms with Gasteiger partial charge in [-0.25, -0.2) is 4.79 Å². The van der Waals surface area contributed by atoms with E-state index in [1.807, 2.05) is 6.92 Å². The molecule has 0 aliphatic carbocycles. The lowest BCUT2D eigenvalue weighted by Gasteiger charge is -2.09. The molecule has 2 aromatic heterocycles. The third-order valence-corrected chi connectivity index (χ3v) is 2.98. The predicted octanol–water partition coefficient (Wildman–Crippen LogP) is 3.09. The molecule has 18 heavy (non-hydrogen) atoms. The Hall–Kier alpha value is -1.97. The third kappa shape index (κ3) is 2.47. The molecule has 0 saturated carbocycles. The van der Waals surface area contributed by atoms with Crippen molar-refractivity contribution in [1.29, 1.82) is 0 Å². The number of carboxylic acids is 1. The average Bonchev–Trinajstić information content (AvgIpc) is 2.91. The second-order valence-corrected chi connectivity index (χ2v) is 4.37. The molecule has 0 radical (unpaired) electrons. The van der Waals surface area contributed by atoms with Gasteiger partial charge in [-0.3, -0.25) is 0 Å². The summed E-state index contributed by atoms with van der Waals surface area (Å²) in [5.41, 5.74) is 2.41. The Labute approximate surface area is 106 Å². The molecule has 0 saturated heterocycles. The maximum Gasteiger partial charge on any atom is 0.371 e. The van der Waals surface area contributed by atoms with Crippen LogP contribution in [0.3, 0.4) is 0 Å². The lowest BCUT2D eigenvalue weighted by Crippen LogP contribution is -2.05. The number of hydrogen-bond acceptors (Lipinski definition) is 2. The van der Waals surface area contributed by atoms with Crippen molar-refractivity contribution in [2.24, 2.45) is 0 Å². The van der Waals surface area contributed by atoms with Crippen LogP contribution in [0.15, 0.2) is 28.7 Å². The summed E-state index contributed by atoms with van der Waals surface area (Å²) in [6.45, 7) is 4.77. The standard InChI is InChI=1S/C14H17NO3/c1-3-4-11-6-5-10(2)15(11)9-12-7-8-13(18-12)14(16)17/h5-8H,3-4,9H2,1-2H3,(H,16,17). The highest BCUT2D eigenvalue weighted by atomic mass is 16.4. The van der Waals surface area contributed by atoms with Crippen LogP contribution in [-0.4, -0.2) is 15.6 Å². The summed E-state index contributed by atoms with van der Waals surface area (Å²) in [6.07, 6.45) is 2.10. The number of hydrogen-bond donors (Lipinski definition) is 1. The molecule has 0 aliphatic heterocycles. The minimum atomic E-state index is -1.03. The molecule has 2 aromatic rings. The zero-order valence-corrected chi connectivity index (χ0v) is 10.6. The molecule has 96 valence electrons. The summed E-state index contributed by atoms with van der Waals surface area (Å²) >= 11 is 0. The highest BCUT2D eigenvalue weighted by Gasteiger charge is 2.11. The summed E-state index contributed by atoms with van der Waals surface area (Å²) in [4.78, 5) is 10.8. The van der Waals surface area contributed by atoms with Crippen LogP contribution in [0.1, 0.15) is 41.0 Å². The normalized spacial score (nSPS) is 10.8. The fourth-order valence-corrected chi connectivity index (χ4v) is 2.06. The van der Waals surface area contributed by atoms with Crippen LogP contribution in [0.25, 0.3) is 0 Å². The Balaban J connectivity index is 2.22. The van der Waals surface area contributed by atoms with Crippen molar-refractivity contribution in [1.82, 2.24) is 4.57 Å². The number of aryl methyl sites for hydroxylation is 2. The van der Waals surface area contributed by atoms with Crippen molar-refractivity contribution in [3.8, 4) is 0 Å². The van der Waals surface area contributed by atoms with Gasteiger partial charge in [0, 0.05) is 11.4 Å². The van der Waals surface area contributed by atoms with Crippen LogP contribution >= 0.6 is 0 Å². The molecule has 0 aliphatic rings. The van der Waals surface area contributed by atoms with Crippen LogP contribution in [0.5, 0.6) is 0 Å². The van der Waals surface area contributed by atoms with E-state index in [9.17, 15) is 4.79 Å². The van der Waals surface area contributed by atoms with Crippen LogP contribution in [0.2, 0.25) is 0 Å². The van der Waals surface area contributed by atoms with Gasteiger partial charge in [0.2, 0.25) is 5.76 Å². The van der Waals surface area contributed by atoms with Gasteiger partial charge in [0.25, 0.3) is 0 Å². The van der Waals surface area contributed by atoms with Gasteiger partial charge in [-0.05, 0) is 37.6 Å². The minimum absolute atomic E-state index is 0.00755. The van der Waals surface area contributed by atoms with Crippen molar-refractivity contribution in [2.75, 3.05) is 0 Å². The lowest BCUT2D eigenvalue weighted by atomic mass is 10.2. The number of carboxylic acid groups (broad SMARTS) is 1. The van der Waals surface area contributed by atoms with Crippen LogP contribution in [-0.2, 0) is 13.0 Å². The molecule has 0 unspecified atom stereocenters. The molecule has 0 aromatic carbocycles. The van der Waals surface area contributed by atoms with E-state index in [1.54, 1.807) is 6.07 Å². The largest absolute Gasteiger partial charge is 0.475 e. The average molecular weight is 247 g/mol. The molecular weight excluding hydrogens is 230 g/mol. The van der Waals surface area contributed by atoms with E-state index in [0.717, 1.165) is 18.5 Å². The molecule has 1 N–H and O–H groups in total. The zero-order valence-electron chi connectivity index (χ0n) is 10.6. The summed E-state index contributed by atoms with van der Waals surface area (Å²) in [5.74, 6) is -0.366. The van der Waals surface area contributed by atoms with E-state index in [-0.39, 0.29) is 5.76 Å². The summed E-state index contributed by atoms with van der Waals surface area (Å²) in [5, 5.41) is 8.82. The van der Waals surface area contributed by atoms with Gasteiger partial charge in [-0.1, -0.05) is 13.3 Å². The molecule has 2 rings (SSSR count). The summed E-state index contributed by atoms with van der Waals surface area (Å²) in [6, 6.07) is 7.40. The number of furan rings is 1. The van der Waals surface area contributed by atoms with E-state index < -0.39 is 5.97 Å². The molecule has 4 nitrogen and oxygen atoms in total. The monoisotopic (exact) mass is 247 g/mol. The fourth-order valence-electron chi connectivity index (χ4n) is 2.06. The van der Waals surface area contributed by atoms with E-state index >= 15 is 0 Å². The number of rotatable bonds is 5. The Morgan fingerprint density at radius 2 is 2.11 bits per heavy atom. The van der Waals surface area contributed by atoms with E-state index in [0.29, 0.717) is 12.3 Å². The van der Waals surface area contributed by atoms with Gasteiger partial charge < -0.3 is 14.1 Å². The summed E-state index contributed by atoms with van der Waals surface area (Å²) < 4.78 is 7.45. The maximum atomic E-state index is 10.8. The van der Waals surface area contributed by atoms with Crippen molar-refractivity contribution in [3.05, 3.63) is 47.2 Å². The van der Waals surface area contributed by atoms with E-state index in [4.69, 9.17) is 9.52 Å². The summed E-state index contributed by atoms with van der Waals surface area (Å²) in [7, 11) is 0. The Bertz CT molecular complexity index is 551. The van der Waals surface area contributed by atoms with Crippen molar-refractivity contribution in [2.45, 2.75) is 33.2 Å². The van der Waals surface area contributed by atoms with E-state index in [1.165, 1.54) is 11.8 Å². The van der Waals surface area contributed by atoms with Crippen LogP contribution in [0.4, 0.5) is 0 Å². The highest BCUT2D eigenvalue weighted by Crippen LogP contribution is 2.15. The van der Waals surface area contributed by atoms with Gasteiger partial charge in [0.05, 0.1) is 6.54 Å². The first-order valence-corrected chi connectivity index (χ1v) is 6.09. The van der Waals surface area contributed by atoms with Gasteiger partial charge >= 0.3 is 5.97 Å². The quantitative estimate of drug-likeness (QED) is 0.883. The van der Waals surface area contributed by atoms with Gasteiger partial charge in [0.1, 0.15) is 5.76 Å². The molecule has 0 amide bonds. The Morgan fingerprint density at radius 1 is 1.33 bits per heavy atom. The smallest absolute Gasteiger partial charge is 0.371 e. The molecule has 4 heteroatoms. The number of aromatic nitrogens is 1. The van der Waals surface area contributed by atoms with Gasteiger partial charge in [-0.15, -0.1) is 0 Å². The van der Waals surface area contributed by atoms with Crippen LogP contribution in [0, 0.1) is 6.92 Å². The van der Waals surface area contributed by atoms with Crippen LogP contribution < -0.4 is 0 Å². The minimum Gasteiger partial charge on any atom is -0.475 e. The topological polar surface area (TPSA) is 55.4 Å². The SMILES string of the molecule is CCCc1ccc(C)n1Cc1ccc(C(=O)O)o1. The first-order valence-electron chi connectivity index (χ1n) is 6.09. The van der Waals surface area contributed by atoms with E-state index in [2.05, 4.69) is 23.6 Å². The maximum absolute atomic E-state index is 10.8.